The number of piperidine rings is 1. The van der Waals surface area contributed by atoms with Gasteiger partial charge in [0.15, 0.2) is 0 Å². The maximum atomic E-state index is 12.7. The van der Waals surface area contributed by atoms with E-state index in [0.717, 1.165) is 70.0 Å². The van der Waals surface area contributed by atoms with E-state index in [9.17, 15) is 4.79 Å². The zero-order chi connectivity index (χ0) is 20.9. The van der Waals surface area contributed by atoms with Crippen LogP contribution in [-0.2, 0) is 6.54 Å². The third-order valence-corrected chi connectivity index (χ3v) is 6.79. The normalized spacial score (nSPS) is 17.5. The first kappa shape index (κ1) is 23.9. The van der Waals surface area contributed by atoms with E-state index in [-0.39, 0.29) is 24.4 Å². The summed E-state index contributed by atoms with van der Waals surface area (Å²) in [4.78, 5) is 20.9. The molecule has 0 N–H and O–H groups in total. The van der Waals surface area contributed by atoms with Crippen LogP contribution in [0.15, 0.2) is 35.7 Å². The summed E-state index contributed by atoms with van der Waals surface area (Å²) >= 11 is 1.72. The SMILES string of the molecule is CC(C)Oc1ccccc1N1CCN(Cc2cc(C(=O)N3CCCCC3)cs2)CC1.Cl. The number of likely N-dealkylation sites (tertiary alicyclic amines) is 1. The predicted octanol–water partition coefficient (Wildman–Crippen LogP) is 4.91. The number of para-hydroxylation sites is 2. The molecule has 3 heterocycles. The van der Waals surface area contributed by atoms with Crippen LogP contribution in [0.1, 0.15) is 48.3 Å². The molecule has 0 aliphatic carbocycles. The number of amides is 1. The molecule has 0 radical (unpaired) electrons. The number of hydrogen-bond acceptors (Lipinski definition) is 5. The van der Waals surface area contributed by atoms with Gasteiger partial charge in [0.25, 0.3) is 5.91 Å². The molecule has 0 saturated carbocycles. The zero-order valence-corrected chi connectivity index (χ0v) is 20.2. The molecule has 2 aromatic rings. The molecule has 170 valence electrons. The number of anilines is 1. The number of piperazine rings is 1. The molecule has 0 spiro atoms. The van der Waals surface area contributed by atoms with Crippen molar-refractivity contribution in [2.45, 2.75) is 45.8 Å². The predicted molar refractivity (Wildman–Crippen MR) is 131 cm³/mol. The minimum absolute atomic E-state index is 0. The number of carbonyl (C=O) groups is 1. The first-order valence-corrected chi connectivity index (χ1v) is 12.1. The Morgan fingerprint density at radius 2 is 1.74 bits per heavy atom. The molecule has 1 amide bonds. The molecule has 7 heteroatoms. The maximum absolute atomic E-state index is 12.7. The van der Waals surface area contributed by atoms with Crippen LogP contribution < -0.4 is 9.64 Å². The molecular weight excluding hydrogens is 430 g/mol. The Bertz CT molecular complexity index is 843. The van der Waals surface area contributed by atoms with Gasteiger partial charge >= 0.3 is 0 Å². The van der Waals surface area contributed by atoms with Gasteiger partial charge in [-0.2, -0.15) is 0 Å². The molecule has 5 nitrogen and oxygen atoms in total. The van der Waals surface area contributed by atoms with Crippen LogP contribution in [-0.4, -0.2) is 61.1 Å². The molecule has 0 unspecified atom stereocenters. The largest absolute Gasteiger partial charge is 0.489 e. The van der Waals surface area contributed by atoms with Crippen molar-refractivity contribution in [3.05, 3.63) is 46.2 Å². The van der Waals surface area contributed by atoms with Crippen LogP contribution in [0.3, 0.4) is 0 Å². The molecule has 1 aromatic carbocycles. The topological polar surface area (TPSA) is 36.0 Å². The van der Waals surface area contributed by atoms with Crippen LogP contribution in [0.25, 0.3) is 0 Å². The average Bonchev–Trinajstić information content (AvgIpc) is 3.23. The van der Waals surface area contributed by atoms with Crippen LogP contribution in [0.4, 0.5) is 5.69 Å². The number of halogens is 1. The highest BCUT2D eigenvalue weighted by Gasteiger charge is 2.22. The van der Waals surface area contributed by atoms with Crippen LogP contribution in [0.5, 0.6) is 5.75 Å². The van der Waals surface area contributed by atoms with Gasteiger partial charge in [0, 0.05) is 56.1 Å². The number of benzene rings is 1. The van der Waals surface area contributed by atoms with Crippen molar-refractivity contribution in [1.29, 1.82) is 0 Å². The molecule has 4 rings (SSSR count). The van der Waals surface area contributed by atoms with E-state index >= 15 is 0 Å². The summed E-state index contributed by atoms with van der Waals surface area (Å²) in [6, 6.07) is 10.5. The average molecular weight is 464 g/mol. The molecule has 0 atom stereocenters. The van der Waals surface area contributed by atoms with E-state index in [1.165, 1.54) is 17.0 Å². The van der Waals surface area contributed by atoms with Crippen molar-refractivity contribution in [3.8, 4) is 5.75 Å². The maximum Gasteiger partial charge on any atom is 0.254 e. The van der Waals surface area contributed by atoms with Gasteiger partial charge in [-0.15, -0.1) is 23.7 Å². The third-order valence-electron chi connectivity index (χ3n) is 5.86. The van der Waals surface area contributed by atoms with Gasteiger partial charge in [-0.3, -0.25) is 9.69 Å². The van der Waals surface area contributed by atoms with Gasteiger partial charge in [0.05, 0.1) is 17.4 Å². The summed E-state index contributed by atoms with van der Waals surface area (Å²) in [5.74, 6) is 1.18. The summed E-state index contributed by atoms with van der Waals surface area (Å²) in [5.41, 5.74) is 2.06. The minimum atomic E-state index is 0. The Labute approximate surface area is 196 Å². The van der Waals surface area contributed by atoms with Gasteiger partial charge < -0.3 is 14.5 Å². The van der Waals surface area contributed by atoms with Crippen LogP contribution in [0.2, 0.25) is 0 Å². The zero-order valence-electron chi connectivity index (χ0n) is 18.6. The van der Waals surface area contributed by atoms with E-state index in [1.807, 2.05) is 16.3 Å². The Balaban J connectivity index is 0.00000272. The lowest BCUT2D eigenvalue weighted by atomic mass is 10.1. The van der Waals surface area contributed by atoms with E-state index in [4.69, 9.17) is 4.74 Å². The molecule has 2 aliphatic heterocycles. The number of carbonyl (C=O) groups excluding carboxylic acids is 1. The standard InChI is InChI=1S/C24H33N3O2S.ClH/c1-19(2)29-23-9-5-4-8-22(23)26-14-12-25(13-15-26)17-21-16-20(18-30-21)24(28)27-10-6-3-7-11-27;/h4-5,8-9,16,18-19H,3,6-7,10-15,17H2,1-2H3;1H. The Morgan fingerprint density at radius 1 is 1.03 bits per heavy atom. The molecule has 2 aliphatic rings. The first-order chi connectivity index (χ1) is 14.6. The van der Waals surface area contributed by atoms with Gasteiger partial charge in [0.2, 0.25) is 0 Å². The van der Waals surface area contributed by atoms with Crippen molar-refractivity contribution in [2.75, 3.05) is 44.2 Å². The van der Waals surface area contributed by atoms with Gasteiger partial charge in [0.1, 0.15) is 5.75 Å². The number of thiophene rings is 1. The quantitative estimate of drug-likeness (QED) is 0.610. The number of rotatable bonds is 6. The van der Waals surface area contributed by atoms with Crippen molar-refractivity contribution >= 4 is 35.3 Å². The summed E-state index contributed by atoms with van der Waals surface area (Å²) in [6.45, 7) is 10.9. The number of nitrogens with zero attached hydrogens (tertiary/aromatic N) is 3. The highest BCUT2D eigenvalue weighted by Crippen LogP contribution is 2.30. The van der Waals surface area contributed by atoms with Crippen LogP contribution >= 0.6 is 23.7 Å². The second-order valence-electron chi connectivity index (χ2n) is 8.55. The molecule has 1 aromatic heterocycles. The minimum Gasteiger partial charge on any atom is -0.489 e. The molecule has 2 saturated heterocycles. The summed E-state index contributed by atoms with van der Waals surface area (Å²) in [7, 11) is 0. The Kier molecular flexibility index (Phi) is 8.64. The summed E-state index contributed by atoms with van der Waals surface area (Å²) < 4.78 is 6.01. The van der Waals surface area contributed by atoms with E-state index in [1.54, 1.807) is 11.3 Å². The van der Waals surface area contributed by atoms with Gasteiger partial charge in [-0.05, 0) is 51.3 Å². The van der Waals surface area contributed by atoms with Crippen molar-refractivity contribution < 1.29 is 9.53 Å². The first-order valence-electron chi connectivity index (χ1n) is 11.2. The second-order valence-corrected chi connectivity index (χ2v) is 9.55. The lowest BCUT2D eigenvalue weighted by Gasteiger charge is -2.36. The lowest BCUT2D eigenvalue weighted by Crippen LogP contribution is -2.46. The Hall–Kier alpha value is -1.76. The Morgan fingerprint density at radius 3 is 2.45 bits per heavy atom. The highest BCUT2D eigenvalue weighted by molar-refractivity contribution is 7.10. The highest BCUT2D eigenvalue weighted by atomic mass is 35.5. The van der Waals surface area contributed by atoms with Crippen LogP contribution in [0, 0.1) is 0 Å². The van der Waals surface area contributed by atoms with Gasteiger partial charge in [-0.1, -0.05) is 12.1 Å². The lowest BCUT2D eigenvalue weighted by molar-refractivity contribution is 0.0725. The smallest absolute Gasteiger partial charge is 0.254 e. The van der Waals surface area contributed by atoms with Crippen molar-refractivity contribution in [1.82, 2.24) is 9.80 Å². The van der Waals surface area contributed by atoms with Crippen molar-refractivity contribution in [2.24, 2.45) is 0 Å². The van der Waals surface area contributed by atoms with Crippen molar-refractivity contribution in [3.63, 3.8) is 0 Å². The number of hydrogen-bond donors (Lipinski definition) is 0. The molecular formula is C24H34ClN3O2S. The molecule has 31 heavy (non-hydrogen) atoms. The summed E-state index contributed by atoms with van der Waals surface area (Å²) in [6.07, 6.45) is 3.70. The number of ether oxygens (including phenoxy) is 1. The van der Waals surface area contributed by atoms with E-state index in [0.29, 0.717) is 0 Å². The third kappa shape index (κ3) is 6.15. The van der Waals surface area contributed by atoms with E-state index < -0.39 is 0 Å². The fraction of sp³-hybridized carbons (Fsp3) is 0.542. The summed E-state index contributed by atoms with van der Waals surface area (Å²) in [5, 5.41) is 2.04. The monoisotopic (exact) mass is 463 g/mol. The fourth-order valence-corrected chi connectivity index (χ4v) is 5.19. The van der Waals surface area contributed by atoms with Gasteiger partial charge in [-0.25, -0.2) is 0 Å². The van der Waals surface area contributed by atoms with E-state index in [2.05, 4.69) is 47.9 Å². The second kappa shape index (κ2) is 11.2. The molecule has 0 bridgehead atoms. The fourth-order valence-electron chi connectivity index (χ4n) is 4.29. The molecule has 2 fully saturated rings.